The molecule has 2 N–H and O–H groups in total. The fourth-order valence-corrected chi connectivity index (χ4v) is 3.24. The molecule has 0 amide bonds. The highest BCUT2D eigenvalue weighted by Gasteiger charge is 2.30. The average Bonchev–Trinajstić information content (AvgIpc) is 3.16. The van der Waals surface area contributed by atoms with Crippen LogP contribution in [-0.4, -0.2) is 4.57 Å². The van der Waals surface area contributed by atoms with E-state index in [1.807, 2.05) is 71.6 Å². The first kappa shape index (κ1) is 15.4. The second-order valence-electron chi connectivity index (χ2n) is 5.79. The molecule has 1 aromatic heterocycles. The van der Waals surface area contributed by atoms with Crippen molar-refractivity contribution in [1.29, 1.82) is 5.26 Å². The lowest BCUT2D eigenvalue weighted by atomic mass is 9.83. The molecule has 1 unspecified atom stereocenters. The molecule has 0 spiro atoms. The van der Waals surface area contributed by atoms with Crippen molar-refractivity contribution < 1.29 is 4.74 Å². The number of fused-ring (bicyclic) bond motifs is 1. The molecule has 2 aromatic carbocycles. The molecule has 3 aromatic rings. The van der Waals surface area contributed by atoms with Gasteiger partial charge < -0.3 is 15.0 Å². The number of hydrogen-bond donors (Lipinski definition) is 1. The molecule has 5 heteroatoms. The van der Waals surface area contributed by atoms with Gasteiger partial charge in [0.25, 0.3) is 0 Å². The summed E-state index contributed by atoms with van der Waals surface area (Å²) in [7, 11) is 0. The second-order valence-corrected chi connectivity index (χ2v) is 6.23. The third kappa shape index (κ3) is 2.65. The molecular weight excluding hydrogens is 334 g/mol. The van der Waals surface area contributed by atoms with Crippen LogP contribution < -0.4 is 10.5 Å². The average molecular weight is 348 g/mol. The number of allylic oxidation sites excluding steroid dienone is 1. The molecule has 2 heterocycles. The van der Waals surface area contributed by atoms with E-state index in [1.165, 1.54) is 0 Å². The van der Waals surface area contributed by atoms with Gasteiger partial charge >= 0.3 is 0 Å². The first-order valence-electron chi connectivity index (χ1n) is 7.77. The molecule has 0 aliphatic carbocycles. The molecule has 0 saturated heterocycles. The standard InChI is InChI=1S/C20H14ClN3O/c21-14-5-3-13(4-6-14)19-16-11-15(24-9-1-2-10-24)7-8-18(16)25-20(23)17(19)12-22/h1-11,19H,23H2. The Morgan fingerprint density at radius 1 is 1.08 bits per heavy atom. The Morgan fingerprint density at radius 2 is 1.80 bits per heavy atom. The van der Waals surface area contributed by atoms with Crippen molar-refractivity contribution in [2.24, 2.45) is 5.73 Å². The fraction of sp³-hybridized carbons (Fsp3) is 0.0500. The van der Waals surface area contributed by atoms with Crippen LogP contribution >= 0.6 is 11.6 Å². The van der Waals surface area contributed by atoms with Gasteiger partial charge in [-0.2, -0.15) is 5.26 Å². The summed E-state index contributed by atoms with van der Waals surface area (Å²) >= 11 is 6.01. The Balaban J connectivity index is 1.91. The third-order valence-electron chi connectivity index (χ3n) is 4.30. The van der Waals surface area contributed by atoms with E-state index in [0.29, 0.717) is 16.3 Å². The highest BCUT2D eigenvalue weighted by atomic mass is 35.5. The Morgan fingerprint density at radius 3 is 2.48 bits per heavy atom. The van der Waals surface area contributed by atoms with Crippen LogP contribution in [0, 0.1) is 11.3 Å². The van der Waals surface area contributed by atoms with E-state index < -0.39 is 0 Å². The number of nitriles is 1. The van der Waals surface area contributed by atoms with Crippen molar-refractivity contribution in [3.63, 3.8) is 0 Å². The predicted octanol–water partition coefficient (Wildman–Crippen LogP) is 4.35. The maximum absolute atomic E-state index is 9.63. The van der Waals surface area contributed by atoms with Crippen molar-refractivity contribution >= 4 is 11.6 Å². The SMILES string of the molecule is N#CC1=C(N)Oc2ccc(-n3cccc3)cc2C1c1ccc(Cl)cc1. The Labute approximate surface area is 150 Å². The third-order valence-corrected chi connectivity index (χ3v) is 4.56. The van der Waals surface area contributed by atoms with E-state index in [-0.39, 0.29) is 11.8 Å². The van der Waals surface area contributed by atoms with Crippen molar-refractivity contribution in [3.05, 3.63) is 94.6 Å². The molecule has 4 rings (SSSR count). The van der Waals surface area contributed by atoms with Gasteiger partial charge in [-0.15, -0.1) is 0 Å². The van der Waals surface area contributed by atoms with E-state index in [0.717, 1.165) is 16.8 Å². The zero-order valence-electron chi connectivity index (χ0n) is 13.2. The minimum Gasteiger partial charge on any atom is -0.440 e. The number of nitrogens with zero attached hydrogens (tertiary/aromatic N) is 2. The highest BCUT2D eigenvalue weighted by Crippen LogP contribution is 2.42. The highest BCUT2D eigenvalue weighted by molar-refractivity contribution is 6.30. The summed E-state index contributed by atoms with van der Waals surface area (Å²) in [5.41, 5.74) is 9.24. The topological polar surface area (TPSA) is 64.0 Å². The quantitative estimate of drug-likeness (QED) is 0.749. The number of halogens is 1. The maximum Gasteiger partial charge on any atom is 0.205 e. The van der Waals surface area contributed by atoms with Crippen molar-refractivity contribution in [3.8, 4) is 17.5 Å². The summed E-state index contributed by atoms with van der Waals surface area (Å²) in [5, 5.41) is 10.3. The Kier molecular flexibility index (Phi) is 3.72. The number of nitrogens with two attached hydrogens (primary N) is 1. The summed E-state index contributed by atoms with van der Waals surface area (Å²) in [4.78, 5) is 0. The van der Waals surface area contributed by atoms with E-state index in [2.05, 4.69) is 6.07 Å². The summed E-state index contributed by atoms with van der Waals surface area (Å²) in [6.45, 7) is 0. The van der Waals surface area contributed by atoms with E-state index >= 15 is 0 Å². The largest absolute Gasteiger partial charge is 0.440 e. The molecule has 1 aliphatic rings. The van der Waals surface area contributed by atoms with Gasteiger partial charge in [0.1, 0.15) is 17.4 Å². The van der Waals surface area contributed by atoms with Gasteiger partial charge in [-0.05, 0) is 48.0 Å². The van der Waals surface area contributed by atoms with Gasteiger partial charge in [0, 0.05) is 28.7 Å². The van der Waals surface area contributed by atoms with Crippen LogP contribution in [0.2, 0.25) is 5.02 Å². The van der Waals surface area contributed by atoms with E-state index in [1.54, 1.807) is 0 Å². The molecule has 0 fully saturated rings. The molecule has 0 bridgehead atoms. The van der Waals surface area contributed by atoms with E-state index in [9.17, 15) is 5.26 Å². The summed E-state index contributed by atoms with van der Waals surface area (Å²) < 4.78 is 7.69. The van der Waals surface area contributed by atoms with Crippen LogP contribution in [0.15, 0.2) is 78.4 Å². The van der Waals surface area contributed by atoms with Gasteiger partial charge in [-0.1, -0.05) is 23.7 Å². The van der Waals surface area contributed by atoms with Gasteiger partial charge in [0.2, 0.25) is 5.88 Å². The minimum absolute atomic E-state index is 0.142. The second kappa shape index (κ2) is 6.04. The Hall–Kier alpha value is -3.16. The van der Waals surface area contributed by atoms with Crippen LogP contribution in [-0.2, 0) is 0 Å². The van der Waals surface area contributed by atoms with Gasteiger partial charge in [-0.3, -0.25) is 0 Å². The molecule has 1 atom stereocenters. The zero-order valence-corrected chi connectivity index (χ0v) is 13.9. The number of ether oxygens (including phenoxy) is 1. The molecule has 4 nitrogen and oxygen atoms in total. The van der Waals surface area contributed by atoms with Gasteiger partial charge in [-0.25, -0.2) is 0 Å². The fourth-order valence-electron chi connectivity index (χ4n) is 3.11. The van der Waals surface area contributed by atoms with Crippen LogP contribution in [0.25, 0.3) is 5.69 Å². The Bertz CT molecular complexity index is 998. The van der Waals surface area contributed by atoms with Crippen LogP contribution in [0.4, 0.5) is 0 Å². The van der Waals surface area contributed by atoms with Crippen LogP contribution in [0.3, 0.4) is 0 Å². The van der Waals surface area contributed by atoms with Crippen molar-refractivity contribution in [2.75, 3.05) is 0 Å². The van der Waals surface area contributed by atoms with E-state index in [4.69, 9.17) is 22.1 Å². The molecule has 25 heavy (non-hydrogen) atoms. The minimum atomic E-state index is -0.290. The summed E-state index contributed by atoms with van der Waals surface area (Å²) in [5.74, 6) is 0.512. The smallest absolute Gasteiger partial charge is 0.205 e. The molecule has 1 aliphatic heterocycles. The lowest BCUT2D eigenvalue weighted by Crippen LogP contribution is -2.21. The first-order chi connectivity index (χ1) is 12.2. The molecule has 122 valence electrons. The number of benzene rings is 2. The molecular formula is C20H14ClN3O. The first-order valence-corrected chi connectivity index (χ1v) is 8.15. The number of hydrogen-bond acceptors (Lipinski definition) is 3. The van der Waals surface area contributed by atoms with Gasteiger partial charge in [0.05, 0.1) is 5.92 Å². The summed E-state index contributed by atoms with van der Waals surface area (Å²) in [6, 6.07) is 19.4. The number of aromatic nitrogens is 1. The zero-order chi connectivity index (χ0) is 17.4. The molecule has 0 saturated carbocycles. The summed E-state index contributed by atoms with van der Waals surface area (Å²) in [6.07, 6.45) is 3.94. The normalized spacial score (nSPS) is 16.1. The monoisotopic (exact) mass is 347 g/mol. The van der Waals surface area contributed by atoms with Gasteiger partial charge in [0.15, 0.2) is 0 Å². The van der Waals surface area contributed by atoms with Crippen LogP contribution in [0.1, 0.15) is 17.0 Å². The predicted molar refractivity (Wildman–Crippen MR) is 96.5 cm³/mol. The van der Waals surface area contributed by atoms with Crippen LogP contribution in [0.5, 0.6) is 5.75 Å². The lowest BCUT2D eigenvalue weighted by Gasteiger charge is -2.27. The maximum atomic E-state index is 9.63. The van der Waals surface area contributed by atoms with Crippen molar-refractivity contribution in [2.45, 2.75) is 5.92 Å². The number of rotatable bonds is 2. The van der Waals surface area contributed by atoms with Crippen molar-refractivity contribution in [1.82, 2.24) is 4.57 Å². The lowest BCUT2D eigenvalue weighted by molar-refractivity contribution is 0.393. The molecule has 0 radical (unpaired) electrons.